The van der Waals surface area contributed by atoms with E-state index in [2.05, 4.69) is 28.2 Å². The quantitative estimate of drug-likeness (QED) is 0.893. The number of benzene rings is 2. The molecule has 0 unspecified atom stereocenters. The van der Waals surface area contributed by atoms with Crippen molar-refractivity contribution in [2.75, 3.05) is 0 Å². The van der Waals surface area contributed by atoms with E-state index in [0.29, 0.717) is 5.56 Å². The van der Waals surface area contributed by atoms with Gasteiger partial charge >= 0.3 is 0 Å². The fraction of sp³-hybridized carbons (Fsp3) is 0.188. The van der Waals surface area contributed by atoms with Crippen molar-refractivity contribution in [3.63, 3.8) is 0 Å². The van der Waals surface area contributed by atoms with Crippen molar-refractivity contribution in [2.24, 2.45) is 0 Å². The van der Waals surface area contributed by atoms with Crippen LogP contribution < -0.4 is 5.32 Å². The zero-order valence-corrected chi connectivity index (χ0v) is 12.4. The van der Waals surface area contributed by atoms with Crippen LogP contribution in [0, 0.1) is 0 Å². The molecule has 0 aromatic heterocycles. The van der Waals surface area contributed by atoms with E-state index in [1.165, 1.54) is 0 Å². The zero-order chi connectivity index (χ0) is 13.7. The van der Waals surface area contributed by atoms with Gasteiger partial charge in [-0.2, -0.15) is 0 Å². The fourth-order valence-electron chi connectivity index (χ4n) is 1.95. The number of rotatable bonds is 4. The molecule has 1 N–H and O–H groups in total. The summed E-state index contributed by atoms with van der Waals surface area (Å²) in [5.74, 6) is -0.0321. The number of nitrogens with one attached hydrogen (secondary N) is 1. The van der Waals surface area contributed by atoms with Crippen molar-refractivity contribution in [3.8, 4) is 0 Å². The van der Waals surface area contributed by atoms with Gasteiger partial charge in [-0.25, -0.2) is 0 Å². The summed E-state index contributed by atoms with van der Waals surface area (Å²) in [7, 11) is 0. The number of amides is 1. The third kappa shape index (κ3) is 3.67. The molecule has 19 heavy (non-hydrogen) atoms. The molecule has 0 spiro atoms. The normalized spacial score (nSPS) is 11.9. The lowest BCUT2D eigenvalue weighted by Crippen LogP contribution is -2.28. The second kappa shape index (κ2) is 6.53. The van der Waals surface area contributed by atoms with Gasteiger partial charge in [0.05, 0.1) is 6.04 Å². The highest BCUT2D eigenvalue weighted by Crippen LogP contribution is 2.19. The SMILES string of the molecule is CC[C@@H](NC(=O)c1ccccc1)c1ccc(Br)cc1. The summed E-state index contributed by atoms with van der Waals surface area (Å²) in [5, 5.41) is 3.06. The summed E-state index contributed by atoms with van der Waals surface area (Å²) in [6.45, 7) is 2.07. The molecule has 2 aromatic carbocycles. The Balaban J connectivity index is 2.11. The van der Waals surface area contributed by atoms with Crippen LogP contribution in [0.15, 0.2) is 59.1 Å². The van der Waals surface area contributed by atoms with Crippen molar-refractivity contribution >= 4 is 21.8 Å². The van der Waals surface area contributed by atoms with Gasteiger partial charge in [-0.15, -0.1) is 0 Å². The average molecular weight is 318 g/mol. The molecular weight excluding hydrogens is 302 g/mol. The minimum Gasteiger partial charge on any atom is -0.345 e. The lowest BCUT2D eigenvalue weighted by molar-refractivity contribution is 0.0935. The Kier molecular flexibility index (Phi) is 4.74. The van der Waals surface area contributed by atoms with Crippen LogP contribution in [0.3, 0.4) is 0 Å². The largest absolute Gasteiger partial charge is 0.345 e. The molecular formula is C16H16BrNO. The van der Waals surface area contributed by atoms with Gasteiger partial charge in [0.25, 0.3) is 5.91 Å². The topological polar surface area (TPSA) is 29.1 Å². The highest BCUT2D eigenvalue weighted by Gasteiger charge is 2.13. The second-order valence-electron chi connectivity index (χ2n) is 4.35. The minimum atomic E-state index is -0.0321. The molecule has 0 bridgehead atoms. The smallest absolute Gasteiger partial charge is 0.251 e. The predicted molar refractivity (Wildman–Crippen MR) is 81.1 cm³/mol. The van der Waals surface area contributed by atoms with Crippen LogP contribution in [-0.2, 0) is 0 Å². The zero-order valence-electron chi connectivity index (χ0n) is 10.8. The highest BCUT2D eigenvalue weighted by molar-refractivity contribution is 9.10. The fourth-order valence-corrected chi connectivity index (χ4v) is 2.21. The Bertz CT molecular complexity index is 536. The Labute approximate surface area is 122 Å². The number of halogens is 1. The van der Waals surface area contributed by atoms with E-state index in [4.69, 9.17) is 0 Å². The third-order valence-corrected chi connectivity index (χ3v) is 3.55. The Hall–Kier alpha value is -1.61. The molecule has 2 aromatic rings. The van der Waals surface area contributed by atoms with Gasteiger partial charge in [0.15, 0.2) is 0 Å². The molecule has 98 valence electrons. The summed E-state index contributed by atoms with van der Waals surface area (Å²) in [4.78, 5) is 12.1. The standard InChI is InChI=1S/C16H16BrNO/c1-2-15(12-8-10-14(17)11-9-12)18-16(19)13-6-4-3-5-7-13/h3-11,15H,2H2,1H3,(H,18,19)/t15-/m1/s1. The highest BCUT2D eigenvalue weighted by atomic mass is 79.9. The summed E-state index contributed by atoms with van der Waals surface area (Å²) < 4.78 is 1.04. The maximum atomic E-state index is 12.1. The predicted octanol–water partition coefficient (Wildman–Crippen LogP) is 4.33. The molecule has 0 heterocycles. The first-order valence-corrected chi connectivity index (χ1v) is 7.11. The van der Waals surface area contributed by atoms with Gasteiger partial charge in [-0.05, 0) is 36.2 Å². The van der Waals surface area contributed by atoms with Crippen LogP contribution in [0.25, 0.3) is 0 Å². The molecule has 0 radical (unpaired) electrons. The van der Waals surface area contributed by atoms with Gasteiger partial charge in [0, 0.05) is 10.0 Å². The Morgan fingerprint density at radius 1 is 1.11 bits per heavy atom. The molecule has 0 aliphatic rings. The van der Waals surface area contributed by atoms with E-state index < -0.39 is 0 Å². The van der Waals surface area contributed by atoms with Gasteiger partial charge in [-0.1, -0.05) is 53.2 Å². The van der Waals surface area contributed by atoms with E-state index in [1.54, 1.807) is 0 Å². The van der Waals surface area contributed by atoms with Crippen LogP contribution in [-0.4, -0.2) is 5.91 Å². The van der Waals surface area contributed by atoms with Gasteiger partial charge in [0.1, 0.15) is 0 Å². The molecule has 0 fully saturated rings. The number of carbonyl (C=O) groups excluding carboxylic acids is 1. The van der Waals surface area contributed by atoms with Crippen molar-refractivity contribution < 1.29 is 4.79 Å². The van der Waals surface area contributed by atoms with Crippen molar-refractivity contribution in [2.45, 2.75) is 19.4 Å². The molecule has 0 aliphatic carbocycles. The molecule has 2 nitrogen and oxygen atoms in total. The maximum Gasteiger partial charge on any atom is 0.251 e. The molecule has 1 atom stereocenters. The monoisotopic (exact) mass is 317 g/mol. The van der Waals surface area contributed by atoms with E-state index in [0.717, 1.165) is 16.5 Å². The molecule has 2 rings (SSSR count). The van der Waals surface area contributed by atoms with Crippen LogP contribution in [0.5, 0.6) is 0 Å². The molecule has 0 aliphatic heterocycles. The average Bonchev–Trinajstić information content (AvgIpc) is 2.46. The van der Waals surface area contributed by atoms with E-state index in [9.17, 15) is 4.79 Å². The summed E-state index contributed by atoms with van der Waals surface area (Å²) in [6.07, 6.45) is 0.861. The lowest BCUT2D eigenvalue weighted by Gasteiger charge is -2.17. The van der Waals surface area contributed by atoms with E-state index in [-0.39, 0.29) is 11.9 Å². The summed E-state index contributed by atoms with van der Waals surface area (Å²) >= 11 is 3.42. The molecule has 0 saturated heterocycles. The maximum absolute atomic E-state index is 12.1. The van der Waals surface area contributed by atoms with Crippen LogP contribution >= 0.6 is 15.9 Å². The summed E-state index contributed by atoms with van der Waals surface area (Å²) in [5.41, 5.74) is 1.81. The Morgan fingerprint density at radius 2 is 1.74 bits per heavy atom. The van der Waals surface area contributed by atoms with Crippen LogP contribution in [0.2, 0.25) is 0 Å². The van der Waals surface area contributed by atoms with Gasteiger partial charge in [0.2, 0.25) is 0 Å². The first kappa shape index (κ1) is 13.8. The van der Waals surface area contributed by atoms with Gasteiger partial charge < -0.3 is 5.32 Å². The molecule has 1 amide bonds. The van der Waals surface area contributed by atoms with E-state index in [1.807, 2.05) is 54.6 Å². The second-order valence-corrected chi connectivity index (χ2v) is 5.27. The van der Waals surface area contributed by atoms with Crippen molar-refractivity contribution in [1.29, 1.82) is 0 Å². The lowest BCUT2D eigenvalue weighted by atomic mass is 10.0. The van der Waals surface area contributed by atoms with Crippen molar-refractivity contribution in [3.05, 3.63) is 70.2 Å². The van der Waals surface area contributed by atoms with Crippen molar-refractivity contribution in [1.82, 2.24) is 5.32 Å². The first-order chi connectivity index (χ1) is 9.20. The first-order valence-electron chi connectivity index (χ1n) is 6.32. The minimum absolute atomic E-state index is 0.0321. The molecule has 3 heteroatoms. The van der Waals surface area contributed by atoms with Gasteiger partial charge in [-0.3, -0.25) is 4.79 Å². The van der Waals surface area contributed by atoms with Crippen LogP contribution in [0.4, 0.5) is 0 Å². The number of hydrogen-bond donors (Lipinski definition) is 1. The summed E-state index contributed by atoms with van der Waals surface area (Å²) in [6, 6.07) is 17.4. The number of carbonyl (C=O) groups is 1. The molecule has 0 saturated carbocycles. The Morgan fingerprint density at radius 3 is 2.32 bits per heavy atom. The third-order valence-electron chi connectivity index (χ3n) is 3.02. The van der Waals surface area contributed by atoms with Crippen LogP contribution in [0.1, 0.15) is 35.3 Å². The number of hydrogen-bond acceptors (Lipinski definition) is 1. The van der Waals surface area contributed by atoms with E-state index >= 15 is 0 Å².